The van der Waals surface area contributed by atoms with E-state index in [0.29, 0.717) is 18.1 Å². The summed E-state index contributed by atoms with van der Waals surface area (Å²) < 4.78 is 0. The molecule has 2 N–H and O–H groups in total. The van der Waals surface area contributed by atoms with Crippen LogP contribution in [0.15, 0.2) is 24.3 Å². The van der Waals surface area contributed by atoms with Crippen molar-refractivity contribution in [2.75, 3.05) is 6.54 Å². The van der Waals surface area contributed by atoms with Crippen LogP contribution in [0.1, 0.15) is 76.7 Å². The molecule has 5 heteroatoms. The Morgan fingerprint density at radius 2 is 1.27 bits per heavy atom. The molecule has 0 saturated heterocycles. The van der Waals surface area contributed by atoms with Gasteiger partial charge < -0.3 is 10.6 Å². The highest BCUT2D eigenvalue weighted by Gasteiger charge is 2.11. The van der Waals surface area contributed by atoms with Crippen molar-refractivity contribution in [3.8, 4) is 0 Å². The summed E-state index contributed by atoms with van der Waals surface area (Å²) in [6.45, 7) is 3.12. The molecule has 1 aromatic carbocycles. The molecule has 146 valence electrons. The number of unbranched alkanes of at least 4 members (excludes halogenated alkanes) is 9. The molecule has 0 aliphatic carbocycles. The summed E-state index contributed by atoms with van der Waals surface area (Å²) in [4.78, 5) is 23.5. The van der Waals surface area contributed by atoms with Crippen LogP contribution in [-0.4, -0.2) is 18.4 Å². The van der Waals surface area contributed by atoms with E-state index in [9.17, 15) is 9.59 Å². The number of carbonyl (C=O) groups excluding carboxylic acids is 2. The number of amides is 2. The van der Waals surface area contributed by atoms with Gasteiger partial charge in [0.1, 0.15) is 0 Å². The second-order valence-corrected chi connectivity index (χ2v) is 7.18. The Morgan fingerprint density at radius 3 is 1.85 bits per heavy atom. The van der Waals surface area contributed by atoms with Crippen LogP contribution in [-0.2, 0) is 16.1 Å². The minimum absolute atomic E-state index is 0.321. The smallest absolute Gasteiger partial charge is 0.309 e. The molecule has 0 heterocycles. The van der Waals surface area contributed by atoms with E-state index in [0.717, 1.165) is 18.4 Å². The van der Waals surface area contributed by atoms with Gasteiger partial charge in [-0.1, -0.05) is 88.4 Å². The topological polar surface area (TPSA) is 58.2 Å². The van der Waals surface area contributed by atoms with Crippen molar-refractivity contribution in [2.24, 2.45) is 0 Å². The fourth-order valence-electron chi connectivity index (χ4n) is 2.76. The second-order valence-electron chi connectivity index (χ2n) is 6.75. The van der Waals surface area contributed by atoms with Crippen LogP contribution in [0, 0.1) is 0 Å². The van der Waals surface area contributed by atoms with Crippen molar-refractivity contribution in [1.29, 1.82) is 0 Å². The Kier molecular flexibility index (Phi) is 12.6. The lowest BCUT2D eigenvalue weighted by molar-refractivity contribution is -0.139. The molecule has 0 saturated carbocycles. The van der Waals surface area contributed by atoms with E-state index >= 15 is 0 Å². The lowest BCUT2D eigenvalue weighted by Gasteiger charge is -2.07. The molecule has 1 rings (SSSR count). The summed E-state index contributed by atoms with van der Waals surface area (Å²) in [5, 5.41) is 5.94. The number of rotatable bonds is 13. The molecular weight excluding hydrogens is 348 g/mol. The lowest BCUT2D eigenvalue weighted by Crippen LogP contribution is -2.39. The summed E-state index contributed by atoms with van der Waals surface area (Å²) in [6.07, 6.45) is 12.5. The third-order valence-electron chi connectivity index (χ3n) is 4.39. The van der Waals surface area contributed by atoms with Crippen LogP contribution >= 0.6 is 11.6 Å². The zero-order valence-electron chi connectivity index (χ0n) is 16.0. The highest BCUT2D eigenvalue weighted by molar-refractivity contribution is 6.35. The van der Waals surface area contributed by atoms with Gasteiger partial charge in [-0.2, -0.15) is 0 Å². The van der Waals surface area contributed by atoms with E-state index in [4.69, 9.17) is 11.6 Å². The van der Waals surface area contributed by atoms with Gasteiger partial charge in [-0.3, -0.25) is 9.59 Å². The van der Waals surface area contributed by atoms with E-state index < -0.39 is 11.8 Å². The van der Waals surface area contributed by atoms with Gasteiger partial charge in [0.15, 0.2) is 0 Å². The zero-order chi connectivity index (χ0) is 19.0. The maximum atomic E-state index is 11.7. The summed E-state index contributed by atoms with van der Waals surface area (Å²) in [5.41, 5.74) is 0.908. The highest BCUT2D eigenvalue weighted by atomic mass is 35.5. The standard InChI is InChI=1S/C21H33ClN2O2/c1-2-3-4-5-6-7-8-9-10-11-16-23-20(25)21(26)24-17-18-12-14-19(22)15-13-18/h12-15H,2-11,16-17H2,1H3,(H,23,25)(H,24,26). The quantitative estimate of drug-likeness (QED) is 0.374. The van der Waals surface area contributed by atoms with E-state index in [2.05, 4.69) is 17.6 Å². The molecule has 2 amide bonds. The number of benzene rings is 1. The Bertz CT molecular complexity index is 517. The summed E-state index contributed by atoms with van der Waals surface area (Å²) in [7, 11) is 0. The molecular formula is C21H33ClN2O2. The van der Waals surface area contributed by atoms with Gasteiger partial charge in [0.05, 0.1) is 0 Å². The molecule has 0 atom stereocenters. The predicted molar refractivity (Wildman–Crippen MR) is 108 cm³/mol. The predicted octanol–water partition coefficient (Wildman–Crippen LogP) is 4.99. The van der Waals surface area contributed by atoms with Crippen molar-refractivity contribution < 1.29 is 9.59 Å². The normalized spacial score (nSPS) is 10.5. The van der Waals surface area contributed by atoms with Gasteiger partial charge in [-0.05, 0) is 24.1 Å². The van der Waals surface area contributed by atoms with Crippen LogP contribution in [0.25, 0.3) is 0 Å². The van der Waals surface area contributed by atoms with E-state index in [1.165, 1.54) is 51.4 Å². The SMILES string of the molecule is CCCCCCCCCCCCNC(=O)C(=O)NCc1ccc(Cl)cc1. The fraction of sp³-hybridized carbons (Fsp3) is 0.619. The molecule has 0 aliphatic rings. The monoisotopic (exact) mass is 380 g/mol. The minimum atomic E-state index is -0.591. The van der Waals surface area contributed by atoms with Crippen molar-refractivity contribution in [3.63, 3.8) is 0 Å². The molecule has 4 nitrogen and oxygen atoms in total. The lowest BCUT2D eigenvalue weighted by atomic mass is 10.1. The zero-order valence-corrected chi connectivity index (χ0v) is 16.7. The summed E-state index contributed by atoms with van der Waals surface area (Å²) in [5.74, 6) is -1.15. The Hall–Kier alpha value is -1.55. The number of carbonyl (C=O) groups is 2. The molecule has 1 aromatic rings. The number of halogens is 1. The molecule has 0 fully saturated rings. The van der Waals surface area contributed by atoms with Gasteiger partial charge in [-0.15, -0.1) is 0 Å². The maximum absolute atomic E-state index is 11.7. The Labute approximate surface area is 163 Å². The summed E-state index contributed by atoms with van der Waals surface area (Å²) in [6, 6.07) is 7.16. The Morgan fingerprint density at radius 1 is 0.769 bits per heavy atom. The van der Waals surface area contributed by atoms with E-state index in [-0.39, 0.29) is 0 Å². The maximum Gasteiger partial charge on any atom is 0.309 e. The van der Waals surface area contributed by atoms with Crippen LogP contribution in [0.2, 0.25) is 5.02 Å². The first-order valence-electron chi connectivity index (χ1n) is 9.94. The number of hydrogen-bond donors (Lipinski definition) is 2. The van der Waals surface area contributed by atoms with Crippen molar-refractivity contribution >= 4 is 23.4 Å². The second kappa shape index (κ2) is 14.6. The van der Waals surface area contributed by atoms with Gasteiger partial charge in [-0.25, -0.2) is 0 Å². The van der Waals surface area contributed by atoms with Crippen molar-refractivity contribution in [2.45, 2.75) is 77.7 Å². The van der Waals surface area contributed by atoms with Gasteiger partial charge in [0.25, 0.3) is 0 Å². The van der Waals surface area contributed by atoms with Crippen LogP contribution < -0.4 is 10.6 Å². The van der Waals surface area contributed by atoms with Gasteiger partial charge in [0, 0.05) is 18.1 Å². The van der Waals surface area contributed by atoms with Crippen LogP contribution in [0.5, 0.6) is 0 Å². The molecule has 26 heavy (non-hydrogen) atoms. The molecule has 0 spiro atoms. The first-order valence-corrected chi connectivity index (χ1v) is 10.3. The molecule has 0 bridgehead atoms. The summed E-state index contributed by atoms with van der Waals surface area (Å²) >= 11 is 5.81. The number of hydrogen-bond acceptors (Lipinski definition) is 2. The fourth-order valence-corrected chi connectivity index (χ4v) is 2.89. The minimum Gasteiger partial charge on any atom is -0.348 e. The van der Waals surface area contributed by atoms with E-state index in [1.807, 2.05) is 12.1 Å². The largest absolute Gasteiger partial charge is 0.348 e. The third-order valence-corrected chi connectivity index (χ3v) is 4.64. The van der Waals surface area contributed by atoms with Crippen molar-refractivity contribution in [1.82, 2.24) is 10.6 Å². The molecule has 0 radical (unpaired) electrons. The molecule has 0 aliphatic heterocycles. The average Bonchev–Trinajstić information content (AvgIpc) is 2.65. The molecule has 0 aromatic heterocycles. The van der Waals surface area contributed by atoms with Crippen molar-refractivity contribution in [3.05, 3.63) is 34.9 Å². The first-order chi connectivity index (χ1) is 12.6. The van der Waals surface area contributed by atoms with Crippen LogP contribution in [0.4, 0.5) is 0 Å². The third kappa shape index (κ3) is 11.1. The molecule has 0 unspecified atom stereocenters. The van der Waals surface area contributed by atoms with Gasteiger partial charge in [0.2, 0.25) is 0 Å². The average molecular weight is 381 g/mol. The first kappa shape index (κ1) is 22.5. The van der Waals surface area contributed by atoms with E-state index in [1.54, 1.807) is 12.1 Å². The highest BCUT2D eigenvalue weighted by Crippen LogP contribution is 2.10. The van der Waals surface area contributed by atoms with Gasteiger partial charge >= 0.3 is 11.8 Å². The Balaban J connectivity index is 1.97. The van der Waals surface area contributed by atoms with Crippen LogP contribution in [0.3, 0.4) is 0 Å². The number of nitrogens with one attached hydrogen (secondary N) is 2.